The number of halogens is 1. The van der Waals surface area contributed by atoms with Crippen LogP contribution in [0.2, 0.25) is 0 Å². The number of carbonyl (C=O) groups is 1. The van der Waals surface area contributed by atoms with Gasteiger partial charge in [0.15, 0.2) is 0 Å². The van der Waals surface area contributed by atoms with Crippen LogP contribution < -0.4 is 16.1 Å². The number of rotatable bonds is 3. The molecule has 0 unspecified atom stereocenters. The van der Waals surface area contributed by atoms with Crippen molar-refractivity contribution < 1.29 is 18.5 Å². The molecule has 0 radical (unpaired) electrons. The molecule has 2 fully saturated rings. The fourth-order valence-electron chi connectivity index (χ4n) is 3.10. The maximum atomic E-state index is 15.0. The van der Waals surface area contributed by atoms with Crippen LogP contribution >= 0.6 is 0 Å². The van der Waals surface area contributed by atoms with Gasteiger partial charge < -0.3 is 14.6 Å². The Kier molecular flexibility index (Phi) is 4.87. The smallest absolute Gasteiger partial charge is 0.399 e. The monoisotopic (exact) mass is 358 g/mol. The minimum absolute atomic E-state index is 0.105. The van der Waals surface area contributed by atoms with Gasteiger partial charge in [0.1, 0.15) is 5.82 Å². The molecule has 0 bridgehead atoms. The van der Waals surface area contributed by atoms with Gasteiger partial charge in [-0.3, -0.25) is 10.1 Å². The Bertz CT molecular complexity index is 744. The Hall–Kier alpha value is -1.88. The van der Waals surface area contributed by atoms with Gasteiger partial charge in [-0.1, -0.05) is 18.1 Å². The summed E-state index contributed by atoms with van der Waals surface area (Å²) in [6.45, 7) is 7.63. The Morgan fingerprint density at radius 3 is 2.54 bits per heavy atom. The highest BCUT2D eigenvalue weighted by atomic mass is 19.1. The van der Waals surface area contributed by atoms with E-state index in [4.69, 9.17) is 15.7 Å². The third kappa shape index (κ3) is 3.37. The van der Waals surface area contributed by atoms with Crippen LogP contribution in [0.4, 0.5) is 10.1 Å². The van der Waals surface area contributed by atoms with E-state index in [1.54, 1.807) is 12.1 Å². The molecule has 1 aromatic carbocycles. The Balaban J connectivity index is 1.76. The highest BCUT2D eigenvalue weighted by Gasteiger charge is 2.52. The quantitative estimate of drug-likeness (QED) is 0.639. The first-order chi connectivity index (χ1) is 12.1. The summed E-state index contributed by atoms with van der Waals surface area (Å²) in [5.74, 6) is 1.74. The molecular weight excluding hydrogens is 334 g/mol. The highest BCUT2D eigenvalue weighted by molar-refractivity contribution is 6.62. The molecule has 2 N–H and O–H groups in total. The summed E-state index contributed by atoms with van der Waals surface area (Å²) < 4.78 is 26.8. The highest BCUT2D eigenvalue weighted by Crippen LogP contribution is 2.36. The maximum absolute atomic E-state index is 15.0. The number of benzene rings is 1. The van der Waals surface area contributed by atoms with Crippen LogP contribution in [0.5, 0.6) is 0 Å². The molecule has 2 heterocycles. The summed E-state index contributed by atoms with van der Waals surface area (Å²) in [5.41, 5.74) is -0.765. The summed E-state index contributed by atoms with van der Waals surface area (Å²) >= 11 is 0. The van der Waals surface area contributed by atoms with Crippen molar-refractivity contribution in [2.24, 2.45) is 0 Å². The second-order valence-corrected chi connectivity index (χ2v) is 7.80. The van der Waals surface area contributed by atoms with Crippen LogP contribution in [0, 0.1) is 18.2 Å². The number of amides is 1. The number of hydrogen-bond acceptors (Lipinski definition) is 4. The van der Waals surface area contributed by atoms with Crippen molar-refractivity contribution in [3.63, 3.8) is 0 Å². The third-order valence-electron chi connectivity index (χ3n) is 5.46. The minimum Gasteiger partial charge on any atom is -0.399 e. The summed E-state index contributed by atoms with van der Waals surface area (Å²) in [5, 5.41) is 5.70. The molecule has 0 aromatic heterocycles. The first kappa shape index (κ1) is 18.9. The lowest BCUT2D eigenvalue weighted by atomic mass is 9.78. The SMILES string of the molecule is C#C[C@@H]1CC[C@@H](C(=O)Nc2cccc(B3OC(C)(C)C(C)(C)O3)c2F)N1. The number of terminal acetylenes is 1. The molecule has 5 nitrogen and oxygen atoms in total. The molecule has 1 aromatic rings. The molecular formula is C19H24BFN2O3. The third-order valence-corrected chi connectivity index (χ3v) is 5.46. The summed E-state index contributed by atoms with van der Waals surface area (Å²) in [4.78, 5) is 12.4. The van der Waals surface area contributed by atoms with Gasteiger partial charge in [-0.25, -0.2) is 4.39 Å². The standard InChI is InChI=1S/C19H24BFN2O3/c1-6-12-10-11-15(22-12)17(24)23-14-9-7-8-13(16(14)21)20-25-18(2,3)19(4,5)26-20/h1,7-9,12,15,22H,10-11H2,2-5H3,(H,23,24)/t12-,15+/m1/s1. The fraction of sp³-hybridized carbons (Fsp3) is 0.526. The lowest BCUT2D eigenvalue weighted by Crippen LogP contribution is -2.41. The van der Waals surface area contributed by atoms with Gasteiger partial charge in [-0.2, -0.15) is 0 Å². The van der Waals surface area contributed by atoms with Crippen molar-refractivity contribution in [1.82, 2.24) is 5.32 Å². The van der Waals surface area contributed by atoms with Crippen molar-refractivity contribution in [2.75, 3.05) is 5.32 Å². The van der Waals surface area contributed by atoms with Gasteiger partial charge in [-0.15, -0.1) is 6.42 Å². The largest absolute Gasteiger partial charge is 0.497 e. The second kappa shape index (κ2) is 6.69. The number of nitrogens with one attached hydrogen (secondary N) is 2. The molecule has 7 heteroatoms. The van der Waals surface area contributed by atoms with Gasteiger partial charge in [0.25, 0.3) is 0 Å². The maximum Gasteiger partial charge on any atom is 0.497 e. The first-order valence-electron chi connectivity index (χ1n) is 8.82. The normalized spacial score (nSPS) is 26.5. The molecule has 2 aliphatic heterocycles. The van der Waals surface area contributed by atoms with Crippen LogP contribution in [-0.4, -0.2) is 36.3 Å². The molecule has 1 amide bonds. The van der Waals surface area contributed by atoms with Crippen molar-refractivity contribution in [2.45, 2.75) is 63.8 Å². The number of anilines is 1. The molecule has 0 spiro atoms. The topological polar surface area (TPSA) is 59.6 Å². The van der Waals surface area contributed by atoms with E-state index in [1.807, 2.05) is 27.7 Å². The van der Waals surface area contributed by atoms with Gasteiger partial charge in [0.2, 0.25) is 5.91 Å². The van der Waals surface area contributed by atoms with Gasteiger partial charge in [0.05, 0.1) is 29.0 Å². The van der Waals surface area contributed by atoms with E-state index in [9.17, 15) is 9.18 Å². The number of carbonyl (C=O) groups excluding carboxylic acids is 1. The molecule has 3 rings (SSSR count). The summed E-state index contributed by atoms with van der Waals surface area (Å²) in [7, 11) is -0.827. The molecule has 0 saturated carbocycles. The van der Waals surface area contributed by atoms with E-state index in [0.717, 1.165) is 6.42 Å². The van der Waals surface area contributed by atoms with E-state index >= 15 is 0 Å². The molecule has 0 aliphatic carbocycles. The van der Waals surface area contributed by atoms with Crippen molar-refractivity contribution in [3.05, 3.63) is 24.0 Å². The molecule has 2 atom stereocenters. The summed E-state index contributed by atoms with van der Waals surface area (Å²) in [6, 6.07) is 4.26. The summed E-state index contributed by atoms with van der Waals surface area (Å²) in [6.07, 6.45) is 6.73. The average Bonchev–Trinajstić information content (AvgIpc) is 3.12. The first-order valence-corrected chi connectivity index (χ1v) is 8.82. The van der Waals surface area contributed by atoms with Crippen molar-refractivity contribution >= 4 is 24.2 Å². The van der Waals surface area contributed by atoms with E-state index in [2.05, 4.69) is 16.6 Å². The predicted molar refractivity (Wildman–Crippen MR) is 99.5 cm³/mol. The molecule has 2 aliphatic rings. The van der Waals surface area contributed by atoms with E-state index in [0.29, 0.717) is 6.42 Å². The van der Waals surface area contributed by atoms with E-state index in [-0.39, 0.29) is 23.1 Å². The average molecular weight is 358 g/mol. The number of hydrogen-bond donors (Lipinski definition) is 2. The lowest BCUT2D eigenvalue weighted by Gasteiger charge is -2.32. The van der Waals surface area contributed by atoms with E-state index < -0.39 is 30.2 Å². The van der Waals surface area contributed by atoms with Crippen molar-refractivity contribution in [1.29, 1.82) is 0 Å². The Morgan fingerprint density at radius 1 is 1.31 bits per heavy atom. The zero-order valence-electron chi connectivity index (χ0n) is 15.6. The van der Waals surface area contributed by atoms with Crippen molar-refractivity contribution in [3.8, 4) is 12.3 Å². The predicted octanol–water partition coefficient (Wildman–Crippen LogP) is 1.82. The van der Waals surface area contributed by atoms with Gasteiger partial charge in [-0.05, 0) is 46.6 Å². The van der Waals surface area contributed by atoms with Gasteiger partial charge >= 0.3 is 7.12 Å². The van der Waals surface area contributed by atoms with Gasteiger partial charge in [0, 0.05) is 5.46 Å². The molecule has 26 heavy (non-hydrogen) atoms. The van der Waals surface area contributed by atoms with E-state index in [1.165, 1.54) is 6.07 Å². The Labute approximate surface area is 154 Å². The van der Waals surface area contributed by atoms with Crippen LogP contribution in [0.15, 0.2) is 18.2 Å². The van der Waals surface area contributed by atoms with Crippen LogP contribution in [0.3, 0.4) is 0 Å². The van der Waals surface area contributed by atoms with Crippen LogP contribution in [0.25, 0.3) is 0 Å². The lowest BCUT2D eigenvalue weighted by molar-refractivity contribution is -0.117. The van der Waals surface area contributed by atoms with Crippen LogP contribution in [0.1, 0.15) is 40.5 Å². The second-order valence-electron chi connectivity index (χ2n) is 7.80. The molecule has 138 valence electrons. The minimum atomic E-state index is -0.827. The molecule has 2 saturated heterocycles. The van der Waals surface area contributed by atoms with Crippen LogP contribution in [-0.2, 0) is 14.1 Å². The zero-order valence-corrected chi connectivity index (χ0v) is 15.6. The fourth-order valence-corrected chi connectivity index (χ4v) is 3.10. The Morgan fingerprint density at radius 2 is 1.96 bits per heavy atom. The zero-order chi connectivity index (χ0) is 19.1.